The van der Waals surface area contributed by atoms with Gasteiger partial charge < -0.3 is 15.0 Å². The molecule has 4 atom stereocenters. The maximum absolute atomic E-state index is 12.7. The second kappa shape index (κ2) is 8.06. The Labute approximate surface area is 170 Å². The molecule has 5 rings (SSSR count). The predicted molar refractivity (Wildman–Crippen MR) is 108 cm³/mol. The number of ether oxygens (including phenoxy) is 1. The van der Waals surface area contributed by atoms with Gasteiger partial charge in [-0.1, -0.05) is 6.07 Å². The first-order valence-electron chi connectivity index (χ1n) is 10.6. The fourth-order valence-corrected chi connectivity index (χ4v) is 4.69. The number of rotatable bonds is 6. The Kier molecular flexibility index (Phi) is 5.14. The number of hydrogen-bond donors (Lipinski definition) is 1. The summed E-state index contributed by atoms with van der Waals surface area (Å²) in [6.45, 7) is 2.81. The van der Waals surface area contributed by atoms with E-state index in [1.54, 1.807) is 12.3 Å². The van der Waals surface area contributed by atoms with Gasteiger partial charge in [-0.3, -0.25) is 4.79 Å². The molecule has 1 aliphatic heterocycles. The van der Waals surface area contributed by atoms with Gasteiger partial charge in [0, 0.05) is 32.1 Å². The normalized spacial score (nSPS) is 28.8. The lowest BCUT2D eigenvalue weighted by atomic mass is 9.77. The first-order chi connectivity index (χ1) is 14.3. The molecule has 2 aliphatic carbocycles. The lowest BCUT2D eigenvalue weighted by Crippen LogP contribution is -2.50. The molecule has 0 unspecified atom stereocenters. The Morgan fingerprint density at radius 1 is 1.10 bits per heavy atom. The number of nitrogens with one attached hydrogen (secondary N) is 1. The first-order valence-corrected chi connectivity index (χ1v) is 10.6. The molecule has 3 fully saturated rings. The van der Waals surface area contributed by atoms with E-state index in [2.05, 4.69) is 31.2 Å². The molecule has 1 amide bonds. The van der Waals surface area contributed by atoms with Crippen molar-refractivity contribution in [1.82, 2.24) is 20.3 Å². The lowest BCUT2D eigenvalue weighted by Gasteiger charge is -2.38. The highest BCUT2D eigenvalue weighted by Gasteiger charge is 2.44. The van der Waals surface area contributed by atoms with Crippen LogP contribution in [0, 0.1) is 17.8 Å². The van der Waals surface area contributed by atoms with Gasteiger partial charge in [0.05, 0.1) is 12.1 Å². The Bertz CT molecular complexity index is 830. The van der Waals surface area contributed by atoms with E-state index in [0.717, 1.165) is 38.4 Å². The Hall–Kier alpha value is -2.54. The highest BCUT2D eigenvalue weighted by Crippen LogP contribution is 2.40. The monoisotopic (exact) mass is 393 g/mol. The topological polar surface area (TPSA) is 80.2 Å². The molecule has 7 nitrogen and oxygen atoms in total. The van der Waals surface area contributed by atoms with Crippen molar-refractivity contribution in [2.45, 2.75) is 37.8 Å². The van der Waals surface area contributed by atoms with Gasteiger partial charge in [0.1, 0.15) is 17.8 Å². The summed E-state index contributed by atoms with van der Waals surface area (Å²) in [4.78, 5) is 27.6. The van der Waals surface area contributed by atoms with E-state index in [0.29, 0.717) is 23.4 Å². The fourth-order valence-electron chi connectivity index (χ4n) is 4.69. The maximum atomic E-state index is 12.7. The third-order valence-corrected chi connectivity index (χ3v) is 6.46. The summed E-state index contributed by atoms with van der Waals surface area (Å²) in [5, 5.41) is 3.21. The Morgan fingerprint density at radius 3 is 2.69 bits per heavy atom. The number of aromatic nitrogens is 3. The van der Waals surface area contributed by atoms with Crippen LogP contribution >= 0.6 is 0 Å². The molecule has 2 aromatic rings. The summed E-state index contributed by atoms with van der Waals surface area (Å²) in [5.41, 5.74) is 0.407. The standard InChI is InChI=1S/C22H27N5O2/c28-22(18-6-8-23-14-25-18)26-19-9-16-11-27(21-3-1-2-7-24-21)12-17(16)10-20(19)29-13-15-4-5-15/h1-3,6-8,14-17,19-20H,4-5,9-13H2,(H,26,28)/t16-,17+,19-,20-/m0/s1. The van der Waals surface area contributed by atoms with Crippen LogP contribution in [0.1, 0.15) is 36.2 Å². The summed E-state index contributed by atoms with van der Waals surface area (Å²) >= 11 is 0. The molecule has 2 saturated carbocycles. The molecule has 3 heterocycles. The third kappa shape index (κ3) is 4.24. The summed E-state index contributed by atoms with van der Waals surface area (Å²) in [5.74, 6) is 2.72. The smallest absolute Gasteiger partial charge is 0.270 e. The minimum Gasteiger partial charge on any atom is -0.376 e. The molecule has 0 bridgehead atoms. The number of fused-ring (bicyclic) bond motifs is 1. The van der Waals surface area contributed by atoms with Crippen molar-refractivity contribution < 1.29 is 9.53 Å². The zero-order chi connectivity index (χ0) is 19.6. The molecule has 7 heteroatoms. The van der Waals surface area contributed by atoms with Crippen LogP contribution in [-0.2, 0) is 4.74 Å². The molecule has 1 N–H and O–H groups in total. The third-order valence-electron chi connectivity index (χ3n) is 6.46. The Balaban J connectivity index is 1.29. The SMILES string of the molecule is O=C(N[C@H]1C[C@H]2CN(c3ccccn3)C[C@H]2C[C@@H]1OCC1CC1)c1ccncn1. The van der Waals surface area contributed by atoms with Crippen molar-refractivity contribution in [3.05, 3.63) is 48.7 Å². The molecule has 152 valence electrons. The molecule has 2 aromatic heterocycles. The van der Waals surface area contributed by atoms with Gasteiger partial charge in [-0.05, 0) is 61.6 Å². The van der Waals surface area contributed by atoms with Crippen LogP contribution in [-0.4, -0.2) is 52.7 Å². The van der Waals surface area contributed by atoms with Gasteiger partial charge in [0.15, 0.2) is 0 Å². The van der Waals surface area contributed by atoms with Gasteiger partial charge >= 0.3 is 0 Å². The van der Waals surface area contributed by atoms with Crippen LogP contribution < -0.4 is 10.2 Å². The Morgan fingerprint density at radius 2 is 1.97 bits per heavy atom. The molecule has 0 aromatic carbocycles. The molecule has 1 saturated heterocycles. The first kappa shape index (κ1) is 18.5. The van der Waals surface area contributed by atoms with Crippen molar-refractivity contribution in [2.75, 3.05) is 24.6 Å². The summed E-state index contributed by atoms with van der Waals surface area (Å²) in [6, 6.07) is 7.73. The van der Waals surface area contributed by atoms with E-state index in [1.165, 1.54) is 19.2 Å². The van der Waals surface area contributed by atoms with Gasteiger partial charge in [-0.25, -0.2) is 15.0 Å². The van der Waals surface area contributed by atoms with Crippen LogP contribution in [0.2, 0.25) is 0 Å². The van der Waals surface area contributed by atoms with Crippen LogP contribution in [0.15, 0.2) is 43.0 Å². The zero-order valence-electron chi connectivity index (χ0n) is 16.5. The summed E-state index contributed by atoms with van der Waals surface area (Å²) in [6.07, 6.45) is 9.37. The van der Waals surface area contributed by atoms with Crippen LogP contribution in [0.25, 0.3) is 0 Å². The number of amides is 1. The van der Waals surface area contributed by atoms with Crippen molar-refractivity contribution in [2.24, 2.45) is 17.8 Å². The number of hydrogen-bond acceptors (Lipinski definition) is 6. The number of anilines is 1. The maximum Gasteiger partial charge on any atom is 0.270 e. The molecule has 0 radical (unpaired) electrons. The highest BCUT2D eigenvalue weighted by atomic mass is 16.5. The van der Waals surface area contributed by atoms with E-state index < -0.39 is 0 Å². The van der Waals surface area contributed by atoms with Crippen molar-refractivity contribution in [1.29, 1.82) is 0 Å². The van der Waals surface area contributed by atoms with Crippen molar-refractivity contribution in [3.8, 4) is 0 Å². The lowest BCUT2D eigenvalue weighted by molar-refractivity contribution is -0.0212. The molecular formula is C22H27N5O2. The van der Waals surface area contributed by atoms with Gasteiger partial charge in [-0.15, -0.1) is 0 Å². The highest BCUT2D eigenvalue weighted by molar-refractivity contribution is 5.92. The minimum atomic E-state index is -0.143. The van der Waals surface area contributed by atoms with Crippen molar-refractivity contribution in [3.63, 3.8) is 0 Å². The number of nitrogens with zero attached hydrogens (tertiary/aromatic N) is 4. The second-order valence-corrected chi connectivity index (χ2v) is 8.57. The average Bonchev–Trinajstić information content (AvgIpc) is 3.51. The van der Waals surface area contributed by atoms with Crippen LogP contribution in [0.5, 0.6) is 0 Å². The summed E-state index contributed by atoms with van der Waals surface area (Å²) < 4.78 is 6.32. The van der Waals surface area contributed by atoms with Crippen LogP contribution in [0.3, 0.4) is 0 Å². The number of carbonyl (C=O) groups excluding carboxylic acids is 1. The van der Waals surface area contributed by atoms with E-state index in [4.69, 9.17) is 4.74 Å². The van der Waals surface area contributed by atoms with Gasteiger partial charge in [0.25, 0.3) is 5.91 Å². The van der Waals surface area contributed by atoms with Gasteiger partial charge in [0.2, 0.25) is 0 Å². The quantitative estimate of drug-likeness (QED) is 0.811. The predicted octanol–water partition coefficient (Wildman–Crippen LogP) is 2.31. The zero-order valence-corrected chi connectivity index (χ0v) is 16.5. The van der Waals surface area contributed by atoms with E-state index in [-0.39, 0.29) is 18.1 Å². The van der Waals surface area contributed by atoms with Crippen LogP contribution in [0.4, 0.5) is 5.82 Å². The minimum absolute atomic E-state index is 0.0150. The van der Waals surface area contributed by atoms with E-state index >= 15 is 0 Å². The van der Waals surface area contributed by atoms with E-state index in [9.17, 15) is 4.79 Å². The second-order valence-electron chi connectivity index (χ2n) is 8.57. The number of carbonyl (C=O) groups is 1. The van der Waals surface area contributed by atoms with Gasteiger partial charge in [-0.2, -0.15) is 0 Å². The molecular weight excluding hydrogens is 366 g/mol. The number of pyridine rings is 1. The molecule has 29 heavy (non-hydrogen) atoms. The molecule has 3 aliphatic rings. The van der Waals surface area contributed by atoms with E-state index in [1.807, 2.05) is 18.3 Å². The average molecular weight is 393 g/mol. The van der Waals surface area contributed by atoms with Crippen molar-refractivity contribution >= 4 is 11.7 Å². The fraction of sp³-hybridized carbons (Fsp3) is 0.545. The summed E-state index contributed by atoms with van der Waals surface area (Å²) in [7, 11) is 0. The molecule has 0 spiro atoms. The largest absolute Gasteiger partial charge is 0.376 e.